The highest BCUT2D eigenvalue weighted by molar-refractivity contribution is 5.89. The highest BCUT2D eigenvalue weighted by Gasteiger charge is 2.42. The number of Topliss-reactive ketones (excluding diaryl/α,β-unsaturated/α-hetero) is 2. The van der Waals surface area contributed by atoms with Crippen LogP contribution in [0, 0.1) is 47.3 Å². The van der Waals surface area contributed by atoms with Gasteiger partial charge >= 0.3 is 0 Å². The van der Waals surface area contributed by atoms with E-state index in [-0.39, 0.29) is 0 Å². The Balaban J connectivity index is 0.000000119. The van der Waals surface area contributed by atoms with E-state index in [4.69, 9.17) is 18.9 Å². The van der Waals surface area contributed by atoms with E-state index in [1.807, 2.05) is 24.3 Å². The Bertz CT molecular complexity index is 1640. The van der Waals surface area contributed by atoms with E-state index in [0.717, 1.165) is 85.4 Å². The van der Waals surface area contributed by atoms with E-state index < -0.39 is 0 Å². The third-order valence-electron chi connectivity index (χ3n) is 13.1. The van der Waals surface area contributed by atoms with E-state index in [9.17, 15) is 9.59 Å². The fraction of sp³-hybridized carbons (Fsp3) is 0.522. The standard InChI is InChI=1S/2C16H21NO2.2C7H8O/c2*1-18-13-7-6-12(16(9-13)19-2)10-17-15-8-11-4-3-5-14(11)15;2*8-7-4-5-2-1-3-6(5)7/h2*3-4,6-7,9,11,14-15,17H,5,8,10H2,1-2H3;2*1-2,5-6H,3-4H2/t2*11-,14-,15+;2*5-,6-/m1010/s1. The lowest BCUT2D eigenvalue weighted by Crippen LogP contribution is -2.47. The van der Waals surface area contributed by atoms with E-state index in [1.54, 1.807) is 28.4 Å². The van der Waals surface area contributed by atoms with Crippen LogP contribution in [0.15, 0.2) is 85.0 Å². The van der Waals surface area contributed by atoms with Gasteiger partial charge in [0.1, 0.15) is 34.6 Å². The summed E-state index contributed by atoms with van der Waals surface area (Å²) >= 11 is 0. The first-order chi connectivity index (χ1) is 26.4. The number of hydrogen-bond donors (Lipinski definition) is 2. The van der Waals surface area contributed by atoms with Crippen LogP contribution in [-0.2, 0) is 22.7 Å². The lowest BCUT2D eigenvalue weighted by atomic mass is 9.71. The van der Waals surface area contributed by atoms with E-state index >= 15 is 0 Å². The third kappa shape index (κ3) is 8.40. The second kappa shape index (κ2) is 17.5. The van der Waals surface area contributed by atoms with Gasteiger partial charge in [-0.05, 0) is 86.2 Å². The molecule has 0 heterocycles. The first kappa shape index (κ1) is 38.1. The summed E-state index contributed by atoms with van der Waals surface area (Å²) in [6, 6.07) is 13.3. The summed E-state index contributed by atoms with van der Waals surface area (Å²) in [6.45, 7) is 1.72. The minimum Gasteiger partial charge on any atom is -0.497 e. The highest BCUT2D eigenvalue weighted by atomic mass is 16.5. The maximum Gasteiger partial charge on any atom is 0.137 e. The van der Waals surface area contributed by atoms with Gasteiger partial charge in [0.05, 0.1) is 28.4 Å². The maximum absolute atomic E-state index is 10.7. The fourth-order valence-corrected chi connectivity index (χ4v) is 9.40. The Labute approximate surface area is 321 Å². The van der Waals surface area contributed by atoms with Crippen molar-refractivity contribution in [2.75, 3.05) is 28.4 Å². The van der Waals surface area contributed by atoms with E-state index in [2.05, 4.69) is 71.4 Å². The molecule has 54 heavy (non-hydrogen) atoms. The molecule has 10 atom stereocenters. The monoisotopic (exact) mass is 734 g/mol. The zero-order valence-corrected chi connectivity index (χ0v) is 32.4. The SMILES string of the molecule is COc1ccc(CN[C@@H]2C[C@@H]3C=CC[C@@H]32)c(OC)c1.COc1ccc(CN[C@H]2C[C@H]3C=CC[C@H]32)c(OC)c1.O=C1C[C@@H]2C=CC[C@H]12.O=C1C[C@H]2C=CC[C@@H]12. The van der Waals surface area contributed by atoms with Crippen LogP contribution >= 0.6 is 0 Å². The van der Waals surface area contributed by atoms with Crippen LogP contribution in [0.25, 0.3) is 0 Å². The second-order valence-corrected chi connectivity index (χ2v) is 16.0. The molecule has 2 N–H and O–H groups in total. The third-order valence-corrected chi connectivity index (χ3v) is 13.1. The summed E-state index contributed by atoms with van der Waals surface area (Å²) in [6.07, 6.45) is 26.7. The molecule has 0 aliphatic heterocycles. The van der Waals surface area contributed by atoms with Crippen molar-refractivity contribution in [3.8, 4) is 23.0 Å². The summed E-state index contributed by atoms with van der Waals surface area (Å²) < 4.78 is 21.3. The first-order valence-electron chi connectivity index (χ1n) is 20.0. The van der Waals surface area contributed by atoms with Crippen molar-refractivity contribution in [3.05, 3.63) is 96.1 Å². The summed E-state index contributed by atoms with van der Waals surface area (Å²) in [5.41, 5.74) is 2.38. The lowest BCUT2D eigenvalue weighted by Gasteiger charge is -2.41. The van der Waals surface area contributed by atoms with Gasteiger partial charge in [-0.1, -0.05) is 60.7 Å². The Morgan fingerprint density at radius 1 is 0.537 bits per heavy atom. The molecule has 0 spiro atoms. The molecule has 8 aliphatic carbocycles. The Morgan fingerprint density at radius 3 is 1.28 bits per heavy atom. The van der Waals surface area contributed by atoms with Crippen LogP contribution in [0.4, 0.5) is 0 Å². The zero-order chi connectivity index (χ0) is 37.6. The summed E-state index contributed by atoms with van der Waals surface area (Å²) in [4.78, 5) is 21.3. The van der Waals surface area contributed by atoms with Crippen molar-refractivity contribution >= 4 is 11.6 Å². The number of nitrogens with one attached hydrogen (secondary N) is 2. The smallest absolute Gasteiger partial charge is 0.137 e. The van der Waals surface area contributed by atoms with Gasteiger partial charge in [-0.2, -0.15) is 0 Å². The fourth-order valence-electron chi connectivity index (χ4n) is 9.40. The number of rotatable bonds is 10. The molecule has 4 fully saturated rings. The van der Waals surface area contributed by atoms with Gasteiger partial charge < -0.3 is 29.6 Å². The molecule has 0 radical (unpaired) electrons. The van der Waals surface area contributed by atoms with Gasteiger partial charge in [-0.25, -0.2) is 0 Å². The number of benzene rings is 2. The summed E-state index contributed by atoms with van der Waals surface area (Å²) in [5, 5.41) is 7.32. The number of methoxy groups -OCH3 is 4. The van der Waals surface area contributed by atoms with Crippen molar-refractivity contribution < 1.29 is 28.5 Å². The second-order valence-electron chi connectivity index (χ2n) is 16.0. The zero-order valence-electron chi connectivity index (χ0n) is 32.4. The highest BCUT2D eigenvalue weighted by Crippen LogP contribution is 2.44. The number of carbonyl (C=O) groups is 2. The van der Waals surface area contributed by atoms with Crippen LogP contribution in [-0.4, -0.2) is 52.1 Å². The molecule has 8 aliphatic rings. The number of ether oxygens (including phenoxy) is 4. The molecule has 2 aromatic carbocycles. The molecular formula is C46H58N2O6. The van der Waals surface area contributed by atoms with Crippen molar-refractivity contribution in [3.63, 3.8) is 0 Å². The van der Waals surface area contributed by atoms with Crippen LogP contribution in [0.2, 0.25) is 0 Å². The minimum atomic E-state index is 0.412. The average molecular weight is 735 g/mol. The van der Waals surface area contributed by atoms with Gasteiger partial charge in [0.15, 0.2) is 0 Å². The van der Waals surface area contributed by atoms with Gasteiger partial charge in [0.2, 0.25) is 0 Å². The number of fused-ring (bicyclic) bond motifs is 4. The molecule has 8 nitrogen and oxygen atoms in total. The lowest BCUT2D eigenvalue weighted by molar-refractivity contribution is -0.132. The molecule has 4 saturated carbocycles. The van der Waals surface area contributed by atoms with Gasteiger partial charge in [-0.15, -0.1) is 0 Å². The Morgan fingerprint density at radius 2 is 0.944 bits per heavy atom. The maximum atomic E-state index is 10.7. The van der Waals surface area contributed by atoms with E-state index in [0.29, 0.717) is 47.3 Å². The first-order valence-corrected chi connectivity index (χ1v) is 20.0. The number of carbonyl (C=O) groups excluding carboxylic acids is 2. The van der Waals surface area contributed by atoms with Gasteiger partial charge in [0.25, 0.3) is 0 Å². The van der Waals surface area contributed by atoms with Crippen molar-refractivity contribution in [1.82, 2.24) is 10.6 Å². The predicted molar refractivity (Wildman–Crippen MR) is 212 cm³/mol. The largest absolute Gasteiger partial charge is 0.497 e. The Hall–Kier alpha value is -4.14. The summed E-state index contributed by atoms with van der Waals surface area (Å²) in [7, 11) is 6.76. The quantitative estimate of drug-likeness (QED) is 0.239. The minimum absolute atomic E-state index is 0.412. The molecule has 10 rings (SSSR count). The van der Waals surface area contributed by atoms with Crippen molar-refractivity contribution in [2.24, 2.45) is 47.3 Å². The molecule has 0 amide bonds. The van der Waals surface area contributed by atoms with Crippen LogP contribution in [0.1, 0.15) is 62.5 Å². The topological polar surface area (TPSA) is 95.1 Å². The Kier molecular flexibility index (Phi) is 12.4. The molecule has 8 heteroatoms. The summed E-state index contributed by atoms with van der Waals surface area (Å²) in [5.74, 6) is 9.82. The molecule has 2 aromatic rings. The van der Waals surface area contributed by atoms with Crippen molar-refractivity contribution in [2.45, 2.75) is 76.5 Å². The number of ketones is 2. The van der Waals surface area contributed by atoms with Crippen LogP contribution < -0.4 is 29.6 Å². The molecule has 0 aromatic heterocycles. The van der Waals surface area contributed by atoms with Crippen LogP contribution in [0.3, 0.4) is 0 Å². The van der Waals surface area contributed by atoms with Gasteiger partial charge in [0, 0.05) is 73.1 Å². The number of hydrogen-bond acceptors (Lipinski definition) is 8. The predicted octanol–water partition coefficient (Wildman–Crippen LogP) is 7.82. The number of allylic oxidation sites excluding steroid dienone is 8. The normalized spacial score (nSPS) is 31.9. The molecule has 0 unspecified atom stereocenters. The molecule has 0 bridgehead atoms. The van der Waals surface area contributed by atoms with Gasteiger partial charge in [-0.3, -0.25) is 9.59 Å². The molecule has 288 valence electrons. The van der Waals surface area contributed by atoms with E-state index in [1.165, 1.54) is 36.8 Å². The van der Waals surface area contributed by atoms with Crippen LogP contribution in [0.5, 0.6) is 23.0 Å². The molecule has 0 saturated heterocycles. The average Bonchev–Trinajstić information content (AvgIpc) is 3.97. The van der Waals surface area contributed by atoms with Crippen molar-refractivity contribution in [1.29, 1.82) is 0 Å². The molecular weight excluding hydrogens is 677 g/mol.